The smallest absolute Gasteiger partial charge is 0.160 e. The molecular formula is C16H26O4S2. The molecule has 6 heteroatoms. The third kappa shape index (κ3) is 4.73. The first-order valence-corrected chi connectivity index (χ1v) is 9.51. The zero-order valence-corrected chi connectivity index (χ0v) is 15.5. The molecule has 4 atom stereocenters. The highest BCUT2D eigenvalue weighted by molar-refractivity contribution is 8.01. The number of hydrogen-bond donors (Lipinski definition) is 0. The molecule has 0 N–H and O–H groups in total. The second-order valence-electron chi connectivity index (χ2n) is 6.68. The molecule has 2 saturated heterocycles. The number of Topliss-reactive ketones (excluding diaryl/α,β-unsaturated/α-hetero) is 2. The van der Waals surface area contributed by atoms with Crippen LogP contribution >= 0.6 is 24.1 Å². The molecule has 2 heterocycles. The Morgan fingerprint density at radius 3 is 1.36 bits per heavy atom. The molecule has 0 aliphatic carbocycles. The molecule has 0 amide bonds. The average molecular weight is 347 g/mol. The fraction of sp³-hybridized carbons (Fsp3) is 0.875. The lowest BCUT2D eigenvalue weighted by Gasteiger charge is -2.17. The van der Waals surface area contributed by atoms with Gasteiger partial charge in [0.1, 0.15) is 11.6 Å². The Bertz CT molecular complexity index is 390. The summed E-state index contributed by atoms with van der Waals surface area (Å²) in [6.45, 7) is 7.30. The molecule has 2 rings (SSSR count). The van der Waals surface area contributed by atoms with Crippen molar-refractivity contribution < 1.29 is 18.0 Å². The summed E-state index contributed by atoms with van der Waals surface area (Å²) in [5, 5.41) is 0. The molecule has 4 nitrogen and oxygen atoms in total. The Morgan fingerprint density at radius 2 is 1.14 bits per heavy atom. The van der Waals surface area contributed by atoms with Crippen molar-refractivity contribution >= 4 is 35.7 Å². The standard InChI is InChI=1S/C16H26O4S2/c1-11(17)13(15(3)19-21-15)9-7-5-6-8-10-14(12(2)18)16(4)20-22-16/h13-14H,5-10H2,1-4H3. The largest absolute Gasteiger partial charge is 0.300 e. The van der Waals surface area contributed by atoms with Crippen molar-refractivity contribution in [3.63, 3.8) is 0 Å². The molecule has 0 saturated carbocycles. The maximum atomic E-state index is 11.7. The Balaban J connectivity index is 1.61. The van der Waals surface area contributed by atoms with E-state index >= 15 is 0 Å². The van der Waals surface area contributed by atoms with E-state index in [9.17, 15) is 9.59 Å². The third-order valence-corrected chi connectivity index (χ3v) is 6.63. The van der Waals surface area contributed by atoms with Gasteiger partial charge in [-0.3, -0.25) is 18.0 Å². The number of carbonyl (C=O) groups excluding carboxylic acids is 2. The number of hydrogen-bond acceptors (Lipinski definition) is 6. The number of unbranched alkanes of at least 4 members (excludes halogenated alkanes) is 3. The Kier molecular flexibility index (Phi) is 6.02. The normalized spacial score (nSPS) is 32.4. The zero-order valence-electron chi connectivity index (χ0n) is 13.8. The molecule has 126 valence electrons. The molecular weight excluding hydrogens is 320 g/mol. The summed E-state index contributed by atoms with van der Waals surface area (Å²) in [5.74, 6) is 0.468. The van der Waals surface area contributed by atoms with Gasteiger partial charge in [0.15, 0.2) is 9.87 Å². The second-order valence-corrected chi connectivity index (χ2v) is 8.97. The quantitative estimate of drug-likeness (QED) is 0.311. The molecule has 4 unspecified atom stereocenters. The molecule has 22 heavy (non-hydrogen) atoms. The summed E-state index contributed by atoms with van der Waals surface area (Å²) in [4.78, 5) is 22.8. The first-order chi connectivity index (χ1) is 10.3. The molecule has 0 aromatic heterocycles. The van der Waals surface area contributed by atoms with Crippen molar-refractivity contribution in [1.82, 2.24) is 0 Å². The van der Waals surface area contributed by atoms with Crippen LogP contribution in [0, 0.1) is 11.8 Å². The minimum atomic E-state index is -0.277. The summed E-state index contributed by atoms with van der Waals surface area (Å²) < 4.78 is 10.7. The predicted molar refractivity (Wildman–Crippen MR) is 90.2 cm³/mol. The van der Waals surface area contributed by atoms with Gasteiger partial charge in [0.2, 0.25) is 0 Å². The molecule has 0 spiro atoms. The van der Waals surface area contributed by atoms with Gasteiger partial charge in [-0.25, -0.2) is 0 Å². The van der Waals surface area contributed by atoms with E-state index in [-0.39, 0.29) is 33.3 Å². The third-order valence-electron chi connectivity index (χ3n) is 4.68. The van der Waals surface area contributed by atoms with Gasteiger partial charge in [0.05, 0.1) is 11.8 Å². The highest BCUT2D eigenvalue weighted by atomic mass is 32.2. The lowest BCUT2D eigenvalue weighted by molar-refractivity contribution is -0.123. The van der Waals surface area contributed by atoms with Gasteiger partial charge in [-0.05, 0) is 40.5 Å². The Morgan fingerprint density at radius 1 is 0.818 bits per heavy atom. The van der Waals surface area contributed by atoms with Crippen LogP contribution in [0.3, 0.4) is 0 Å². The highest BCUT2D eigenvalue weighted by Crippen LogP contribution is 2.54. The molecule has 2 fully saturated rings. The second kappa shape index (κ2) is 7.24. The zero-order chi connectivity index (χ0) is 16.4. The van der Waals surface area contributed by atoms with Crippen molar-refractivity contribution in [1.29, 1.82) is 0 Å². The number of rotatable bonds is 11. The van der Waals surface area contributed by atoms with Crippen molar-refractivity contribution in [3.05, 3.63) is 0 Å². The van der Waals surface area contributed by atoms with Crippen molar-refractivity contribution in [2.24, 2.45) is 11.8 Å². The van der Waals surface area contributed by atoms with Crippen LogP contribution in [-0.2, 0) is 18.0 Å². The van der Waals surface area contributed by atoms with Gasteiger partial charge in [-0.2, -0.15) is 0 Å². The highest BCUT2D eigenvalue weighted by Gasteiger charge is 2.52. The van der Waals surface area contributed by atoms with Crippen LogP contribution in [0.2, 0.25) is 0 Å². The van der Waals surface area contributed by atoms with Crippen molar-refractivity contribution in [2.75, 3.05) is 0 Å². The molecule has 0 aromatic rings. The van der Waals surface area contributed by atoms with E-state index in [1.54, 1.807) is 13.8 Å². The van der Waals surface area contributed by atoms with E-state index in [4.69, 9.17) is 8.37 Å². The van der Waals surface area contributed by atoms with E-state index in [1.807, 2.05) is 13.8 Å². The predicted octanol–water partition coefficient (Wildman–Crippen LogP) is 4.53. The summed E-state index contributed by atoms with van der Waals surface area (Å²) >= 11 is 2.84. The van der Waals surface area contributed by atoms with Crippen LogP contribution in [0.1, 0.15) is 66.2 Å². The van der Waals surface area contributed by atoms with Crippen molar-refractivity contribution in [2.45, 2.75) is 76.1 Å². The van der Waals surface area contributed by atoms with E-state index in [0.29, 0.717) is 0 Å². The first kappa shape index (κ1) is 18.3. The van der Waals surface area contributed by atoms with E-state index < -0.39 is 0 Å². The minimum Gasteiger partial charge on any atom is -0.300 e. The summed E-state index contributed by atoms with van der Waals surface area (Å²) in [7, 11) is 0. The summed E-state index contributed by atoms with van der Waals surface area (Å²) in [6.07, 6.45) is 6.06. The topological polar surface area (TPSA) is 59.2 Å². The molecule has 2 aliphatic rings. The monoisotopic (exact) mass is 346 g/mol. The Labute approximate surface area is 141 Å². The fourth-order valence-electron chi connectivity index (χ4n) is 3.08. The van der Waals surface area contributed by atoms with Crippen molar-refractivity contribution in [3.8, 4) is 0 Å². The fourth-order valence-corrected chi connectivity index (χ4v) is 4.38. The molecule has 0 bridgehead atoms. The van der Waals surface area contributed by atoms with Crippen LogP contribution in [0.15, 0.2) is 0 Å². The number of ketones is 2. The van der Waals surface area contributed by atoms with Crippen LogP contribution in [0.4, 0.5) is 0 Å². The van der Waals surface area contributed by atoms with Crippen LogP contribution in [0.5, 0.6) is 0 Å². The number of carbonyl (C=O) groups is 2. The lowest BCUT2D eigenvalue weighted by Crippen LogP contribution is -2.25. The van der Waals surface area contributed by atoms with Gasteiger partial charge in [0, 0.05) is 24.1 Å². The first-order valence-electron chi connectivity index (χ1n) is 8.03. The molecule has 0 aromatic carbocycles. The molecule has 0 radical (unpaired) electrons. The van der Waals surface area contributed by atoms with Gasteiger partial charge in [-0.15, -0.1) is 0 Å². The van der Waals surface area contributed by atoms with Gasteiger partial charge in [0.25, 0.3) is 0 Å². The van der Waals surface area contributed by atoms with E-state index in [2.05, 4.69) is 0 Å². The maximum absolute atomic E-state index is 11.7. The minimum absolute atomic E-state index is 0.0117. The van der Waals surface area contributed by atoms with E-state index in [0.717, 1.165) is 38.5 Å². The Hall–Kier alpha value is -0.0400. The van der Waals surface area contributed by atoms with Gasteiger partial charge in [-0.1, -0.05) is 25.7 Å². The lowest BCUT2D eigenvalue weighted by atomic mass is 9.90. The molecule has 2 aliphatic heterocycles. The summed E-state index contributed by atoms with van der Waals surface area (Å²) in [5.41, 5.74) is 0. The van der Waals surface area contributed by atoms with E-state index in [1.165, 1.54) is 24.1 Å². The van der Waals surface area contributed by atoms with Crippen LogP contribution in [-0.4, -0.2) is 21.4 Å². The SMILES string of the molecule is CC(=O)C(CCCCCCC(C(C)=O)C1(C)OS1)C1(C)OS1. The van der Waals surface area contributed by atoms with Gasteiger partial charge < -0.3 is 0 Å². The van der Waals surface area contributed by atoms with Gasteiger partial charge >= 0.3 is 0 Å². The maximum Gasteiger partial charge on any atom is 0.160 e. The van der Waals surface area contributed by atoms with Crippen LogP contribution in [0.25, 0.3) is 0 Å². The van der Waals surface area contributed by atoms with Crippen LogP contribution < -0.4 is 0 Å². The summed E-state index contributed by atoms with van der Waals surface area (Å²) in [6, 6.07) is 0. The average Bonchev–Trinajstić information content (AvgIpc) is 3.33.